The van der Waals surface area contributed by atoms with Crippen molar-refractivity contribution >= 4 is 29.5 Å². The summed E-state index contributed by atoms with van der Waals surface area (Å²) in [5, 5.41) is 15.8. The summed E-state index contributed by atoms with van der Waals surface area (Å²) in [7, 11) is 0. The fourth-order valence-electron chi connectivity index (χ4n) is 8.57. The Kier molecular flexibility index (Phi) is 58.6. The zero-order valence-corrected chi connectivity index (χ0v) is 44.7. The molecule has 0 aromatic carbocycles. The molecular formula is C54H105N2NaO4S. The van der Waals surface area contributed by atoms with Crippen molar-refractivity contribution < 1.29 is 49.0 Å². The van der Waals surface area contributed by atoms with E-state index in [0.717, 1.165) is 51.5 Å². The molecular weight excluding hydrogens is 796 g/mol. The molecule has 0 bridgehead atoms. The average Bonchev–Trinajstić information content (AvgIpc) is 3.25. The van der Waals surface area contributed by atoms with Crippen LogP contribution in [-0.2, 0) is 14.4 Å². The number of thioether (sulfide) groups is 1. The minimum atomic E-state index is -1.25. The number of aliphatic carboxylic acids is 1. The summed E-state index contributed by atoms with van der Waals surface area (Å²) in [6, 6.07) is 0. The van der Waals surface area contributed by atoms with Crippen LogP contribution in [-0.4, -0.2) is 42.4 Å². The maximum atomic E-state index is 12.1. The largest absolute Gasteiger partial charge is 1.00 e. The average molecular weight is 902 g/mol. The molecule has 0 spiro atoms. The smallest absolute Gasteiger partial charge is 0.548 e. The third kappa shape index (κ3) is 57.8. The number of carboxylic acids is 1. The second kappa shape index (κ2) is 56.9. The van der Waals surface area contributed by atoms with Crippen LogP contribution in [0.5, 0.6) is 0 Å². The summed E-state index contributed by atoms with van der Waals surface area (Å²) >= 11 is 2.21. The van der Waals surface area contributed by atoms with E-state index in [4.69, 9.17) is 0 Å². The molecule has 6 nitrogen and oxygen atoms in total. The molecule has 2 amide bonds. The Morgan fingerprint density at radius 1 is 0.339 bits per heavy atom. The Balaban J connectivity index is 0. The number of rotatable bonds is 53. The predicted molar refractivity (Wildman–Crippen MR) is 266 cm³/mol. The van der Waals surface area contributed by atoms with Gasteiger partial charge in [0, 0.05) is 19.4 Å². The Hall–Kier alpha value is -0.240. The van der Waals surface area contributed by atoms with E-state index in [1.807, 2.05) is 0 Å². The minimum absolute atomic E-state index is 0. The molecule has 0 aromatic heterocycles. The van der Waals surface area contributed by atoms with Crippen molar-refractivity contribution in [2.45, 2.75) is 302 Å². The van der Waals surface area contributed by atoms with E-state index in [2.05, 4.69) is 29.3 Å². The van der Waals surface area contributed by atoms with Crippen LogP contribution in [0.4, 0.5) is 0 Å². The van der Waals surface area contributed by atoms with Crippen LogP contribution < -0.4 is 45.3 Å². The van der Waals surface area contributed by atoms with Gasteiger partial charge in [-0.3, -0.25) is 9.59 Å². The summed E-state index contributed by atoms with van der Waals surface area (Å²) in [5.41, 5.74) is 0. The number of nitrogens with one attached hydrogen (secondary N) is 2. The first-order valence-electron chi connectivity index (χ1n) is 27.4. The predicted octanol–water partition coefficient (Wildman–Crippen LogP) is 12.7. The number of amides is 2. The second-order valence-corrected chi connectivity index (χ2v) is 20.0. The fourth-order valence-corrected chi connectivity index (χ4v) is 9.59. The molecule has 0 rings (SSSR count). The number of hydrogen-bond donors (Lipinski definition) is 2. The first-order valence-corrected chi connectivity index (χ1v) is 28.5. The number of carbonyl (C=O) groups excluding carboxylic acids is 3. The molecule has 0 aliphatic rings. The van der Waals surface area contributed by atoms with E-state index in [9.17, 15) is 19.5 Å². The fraction of sp³-hybridized carbons (Fsp3) is 0.944. The molecule has 362 valence electrons. The number of carbonyl (C=O) groups is 3. The van der Waals surface area contributed by atoms with Gasteiger partial charge >= 0.3 is 29.6 Å². The Morgan fingerprint density at radius 3 is 0.871 bits per heavy atom. The third-order valence-corrected chi connectivity index (χ3v) is 13.8. The van der Waals surface area contributed by atoms with Gasteiger partial charge in [-0.25, -0.2) is 0 Å². The summed E-state index contributed by atoms with van der Waals surface area (Å²) in [5.74, 6) is 1.54. The van der Waals surface area contributed by atoms with E-state index >= 15 is 0 Å². The van der Waals surface area contributed by atoms with Gasteiger partial charge in [0.25, 0.3) is 0 Å². The molecule has 0 aliphatic carbocycles. The SMILES string of the molecule is CCCCCCCCCCCCSCCCCCCCCCCCCCCCCCCCCCCCCCCCCC(=O)NCCCCCCCCCCC(=O)NCC(=O)[O-].[Na+]. The van der Waals surface area contributed by atoms with Crippen molar-refractivity contribution in [1.82, 2.24) is 10.6 Å². The molecule has 0 atom stereocenters. The Bertz CT molecular complexity index is 910. The summed E-state index contributed by atoms with van der Waals surface area (Å²) in [6.07, 6.45) is 60.7. The Labute approximate surface area is 413 Å². The zero-order chi connectivity index (χ0) is 44.2. The zero-order valence-electron chi connectivity index (χ0n) is 41.9. The van der Waals surface area contributed by atoms with Gasteiger partial charge in [-0.15, -0.1) is 0 Å². The Morgan fingerprint density at radius 2 is 0.581 bits per heavy atom. The molecule has 0 aromatic rings. The van der Waals surface area contributed by atoms with Crippen LogP contribution in [0.3, 0.4) is 0 Å². The van der Waals surface area contributed by atoms with Crippen LogP contribution >= 0.6 is 11.8 Å². The standard InChI is InChI=1S/C54H106N2O4S.Na/c1-2-3-4-5-6-7-29-34-39-44-49-61-50-45-40-35-30-25-23-21-19-17-15-13-11-9-8-10-12-14-16-18-20-22-24-26-31-36-41-46-52(57)55-48-43-38-33-28-27-32-37-42-47-53(58)56-51-54(59)60;/h2-51H2,1H3,(H,55,57)(H,56,58)(H,59,60);/q;+1/p-1. The maximum absolute atomic E-state index is 12.1. The second-order valence-electron chi connectivity index (χ2n) is 18.8. The minimum Gasteiger partial charge on any atom is -0.548 e. The van der Waals surface area contributed by atoms with Crippen molar-refractivity contribution in [3.8, 4) is 0 Å². The van der Waals surface area contributed by atoms with Gasteiger partial charge in [-0.2, -0.15) is 11.8 Å². The van der Waals surface area contributed by atoms with E-state index in [-0.39, 0.29) is 41.4 Å². The maximum Gasteiger partial charge on any atom is 1.00 e. The number of unbranched alkanes of at least 4 members (excludes halogenated alkanes) is 41. The van der Waals surface area contributed by atoms with E-state index in [1.54, 1.807) is 0 Å². The van der Waals surface area contributed by atoms with Gasteiger partial charge < -0.3 is 20.5 Å². The number of hydrogen-bond acceptors (Lipinski definition) is 5. The van der Waals surface area contributed by atoms with Crippen molar-refractivity contribution in [3.05, 3.63) is 0 Å². The normalized spacial score (nSPS) is 11.2. The molecule has 2 N–H and O–H groups in total. The molecule has 0 saturated heterocycles. The van der Waals surface area contributed by atoms with Crippen LogP contribution in [0.15, 0.2) is 0 Å². The van der Waals surface area contributed by atoms with Gasteiger partial charge in [-0.1, -0.05) is 257 Å². The van der Waals surface area contributed by atoms with Crippen molar-refractivity contribution in [3.63, 3.8) is 0 Å². The molecule has 8 heteroatoms. The first kappa shape index (κ1) is 63.8. The molecule has 0 unspecified atom stereocenters. The van der Waals surface area contributed by atoms with E-state index in [0.29, 0.717) is 12.8 Å². The molecule has 0 saturated carbocycles. The van der Waals surface area contributed by atoms with Gasteiger partial charge in [0.05, 0.1) is 12.5 Å². The van der Waals surface area contributed by atoms with E-state index < -0.39 is 12.5 Å². The van der Waals surface area contributed by atoms with Crippen molar-refractivity contribution in [1.29, 1.82) is 0 Å². The molecule has 0 radical (unpaired) electrons. The molecule has 0 aliphatic heterocycles. The van der Waals surface area contributed by atoms with Crippen LogP contribution in [0.2, 0.25) is 0 Å². The van der Waals surface area contributed by atoms with Gasteiger partial charge in [-0.05, 0) is 43.6 Å². The first-order chi connectivity index (χ1) is 30.1. The van der Waals surface area contributed by atoms with Gasteiger partial charge in [0.2, 0.25) is 11.8 Å². The van der Waals surface area contributed by atoms with E-state index in [1.165, 1.54) is 249 Å². The quantitative estimate of drug-likeness (QED) is 0.0468. The third-order valence-electron chi connectivity index (χ3n) is 12.7. The molecule has 0 fully saturated rings. The van der Waals surface area contributed by atoms with Crippen LogP contribution in [0, 0.1) is 0 Å². The van der Waals surface area contributed by atoms with Gasteiger partial charge in [0.1, 0.15) is 0 Å². The monoisotopic (exact) mass is 901 g/mol. The summed E-state index contributed by atoms with van der Waals surface area (Å²) in [4.78, 5) is 33.9. The van der Waals surface area contributed by atoms with Gasteiger partial charge in [0.15, 0.2) is 0 Å². The van der Waals surface area contributed by atoms with Crippen LogP contribution in [0.25, 0.3) is 0 Å². The topological polar surface area (TPSA) is 98.3 Å². The number of carboxylic acid groups (broad SMARTS) is 1. The van der Waals surface area contributed by atoms with Crippen molar-refractivity contribution in [2.75, 3.05) is 24.6 Å². The molecule has 0 heterocycles. The van der Waals surface area contributed by atoms with Crippen molar-refractivity contribution in [2.24, 2.45) is 0 Å². The molecule has 62 heavy (non-hydrogen) atoms. The summed E-state index contributed by atoms with van der Waals surface area (Å²) < 4.78 is 0. The van der Waals surface area contributed by atoms with Crippen LogP contribution in [0.1, 0.15) is 302 Å². The summed E-state index contributed by atoms with van der Waals surface area (Å²) in [6.45, 7) is 2.69.